The van der Waals surface area contributed by atoms with Crippen molar-refractivity contribution in [1.82, 2.24) is 9.58 Å². The van der Waals surface area contributed by atoms with Crippen LogP contribution in [0.25, 0.3) is 0 Å². The first-order chi connectivity index (χ1) is 12.5. The number of fused-ring (bicyclic) bond motifs is 3. The van der Waals surface area contributed by atoms with Crippen LogP contribution in [-0.2, 0) is 0 Å². The van der Waals surface area contributed by atoms with Gasteiger partial charge >= 0.3 is 0 Å². The molecule has 1 fully saturated rings. The van der Waals surface area contributed by atoms with E-state index in [2.05, 4.69) is 17.1 Å². The minimum Gasteiger partial charge on any atom is -0.491 e. The molecule has 0 saturated carbocycles. The van der Waals surface area contributed by atoms with Crippen molar-refractivity contribution in [2.45, 2.75) is 31.1 Å². The monoisotopic (exact) mass is 354 g/mol. The molecule has 0 radical (unpaired) electrons. The maximum absolute atomic E-state index is 13.0. The third kappa shape index (κ3) is 2.31. The molecule has 1 amide bonds. The van der Waals surface area contributed by atoms with E-state index in [4.69, 9.17) is 10.5 Å². The van der Waals surface area contributed by atoms with Gasteiger partial charge in [-0.25, -0.2) is 0 Å². The number of methoxy groups -OCH3 is 1. The zero-order chi connectivity index (χ0) is 18.4. The lowest BCUT2D eigenvalue weighted by Crippen LogP contribution is -2.69. The van der Waals surface area contributed by atoms with Crippen molar-refractivity contribution in [2.24, 2.45) is 5.73 Å². The summed E-state index contributed by atoms with van der Waals surface area (Å²) in [6.07, 6.45) is 3.02. The number of likely N-dealkylation sites (N-methyl/N-ethyl adjacent to an activating group) is 1. The molecule has 0 unspecified atom stereocenters. The van der Waals surface area contributed by atoms with E-state index in [1.54, 1.807) is 22.8 Å². The van der Waals surface area contributed by atoms with Crippen LogP contribution in [0, 0.1) is 0 Å². The zero-order valence-electron chi connectivity index (χ0n) is 14.8. The molecule has 1 aromatic heterocycles. The van der Waals surface area contributed by atoms with E-state index in [-0.39, 0.29) is 41.0 Å². The molecule has 2 aliphatic rings. The molecule has 2 N–H and O–H groups in total. The summed E-state index contributed by atoms with van der Waals surface area (Å²) in [5, 5.41) is 2.10. The summed E-state index contributed by atoms with van der Waals surface area (Å²) in [6, 6.07) is 11.4. The summed E-state index contributed by atoms with van der Waals surface area (Å²) in [5.41, 5.74) is 7.48. The zero-order valence-corrected chi connectivity index (χ0v) is 14.8. The van der Waals surface area contributed by atoms with Gasteiger partial charge in [-0.3, -0.25) is 19.3 Å². The molecule has 0 aliphatic carbocycles. The average molecular weight is 354 g/mol. The fraction of sp³-hybridized carbons (Fsp3) is 0.368. The van der Waals surface area contributed by atoms with Gasteiger partial charge in [0.1, 0.15) is 6.17 Å². The first-order valence-electron chi connectivity index (χ1n) is 8.70. The van der Waals surface area contributed by atoms with Crippen molar-refractivity contribution < 1.29 is 9.53 Å². The van der Waals surface area contributed by atoms with Crippen molar-refractivity contribution in [2.75, 3.05) is 19.2 Å². The highest BCUT2D eigenvalue weighted by Crippen LogP contribution is 2.37. The SMILES string of the molecule is COc1c2n(ccc1=O)N1[C@H](c3ccccc3)CC[C@H](N)[C@H]1N(C)C2=O. The normalized spacial score (nSPS) is 24.9. The number of carbonyl (C=O) groups excluding carboxylic acids is 1. The van der Waals surface area contributed by atoms with E-state index in [0.717, 1.165) is 18.4 Å². The quantitative estimate of drug-likeness (QED) is 0.873. The Morgan fingerprint density at radius 1 is 1.12 bits per heavy atom. The Balaban J connectivity index is 1.94. The van der Waals surface area contributed by atoms with Gasteiger partial charge in [0.2, 0.25) is 5.43 Å². The number of nitrogens with two attached hydrogens (primary N) is 1. The molecule has 136 valence electrons. The number of rotatable bonds is 2. The Kier molecular flexibility index (Phi) is 3.96. The van der Waals surface area contributed by atoms with Crippen molar-refractivity contribution in [1.29, 1.82) is 0 Å². The molecule has 1 saturated heterocycles. The minimum atomic E-state index is -0.309. The van der Waals surface area contributed by atoms with Gasteiger partial charge in [-0.2, -0.15) is 0 Å². The molecule has 2 aliphatic heterocycles. The predicted octanol–water partition coefficient (Wildman–Crippen LogP) is 1.07. The van der Waals surface area contributed by atoms with Crippen LogP contribution < -0.4 is 20.9 Å². The van der Waals surface area contributed by atoms with Crippen LogP contribution in [0.1, 0.15) is 34.9 Å². The maximum Gasteiger partial charge on any atom is 0.277 e. The lowest BCUT2D eigenvalue weighted by Gasteiger charge is -2.53. The molecule has 3 atom stereocenters. The van der Waals surface area contributed by atoms with Gasteiger partial charge in [-0.05, 0) is 18.4 Å². The van der Waals surface area contributed by atoms with E-state index in [1.807, 2.05) is 18.2 Å². The molecule has 26 heavy (non-hydrogen) atoms. The van der Waals surface area contributed by atoms with Crippen LogP contribution >= 0.6 is 0 Å². The Hall–Kier alpha value is -2.80. The smallest absolute Gasteiger partial charge is 0.277 e. The Morgan fingerprint density at radius 3 is 2.54 bits per heavy atom. The lowest BCUT2D eigenvalue weighted by molar-refractivity contribution is 0.0511. The van der Waals surface area contributed by atoms with Crippen LogP contribution in [-0.4, -0.2) is 41.8 Å². The second-order valence-electron chi connectivity index (χ2n) is 6.78. The molecule has 1 aromatic carbocycles. The van der Waals surface area contributed by atoms with Gasteiger partial charge in [0.25, 0.3) is 5.91 Å². The predicted molar refractivity (Wildman–Crippen MR) is 97.7 cm³/mol. The summed E-state index contributed by atoms with van der Waals surface area (Å²) in [4.78, 5) is 26.8. The number of benzene rings is 1. The molecular weight excluding hydrogens is 332 g/mol. The fourth-order valence-corrected chi connectivity index (χ4v) is 4.13. The second-order valence-corrected chi connectivity index (χ2v) is 6.78. The Morgan fingerprint density at radius 2 is 1.85 bits per heavy atom. The fourth-order valence-electron chi connectivity index (χ4n) is 4.13. The van der Waals surface area contributed by atoms with E-state index < -0.39 is 0 Å². The third-order valence-corrected chi connectivity index (χ3v) is 5.34. The number of nitrogens with zero attached hydrogens (tertiary/aromatic N) is 3. The van der Waals surface area contributed by atoms with Gasteiger partial charge in [-0.1, -0.05) is 30.3 Å². The second kappa shape index (κ2) is 6.17. The van der Waals surface area contributed by atoms with Gasteiger partial charge in [0, 0.05) is 25.4 Å². The summed E-state index contributed by atoms with van der Waals surface area (Å²) in [5.74, 6) is -0.196. The van der Waals surface area contributed by atoms with Crippen LogP contribution in [0.2, 0.25) is 0 Å². The summed E-state index contributed by atoms with van der Waals surface area (Å²) in [6.45, 7) is 0. The third-order valence-electron chi connectivity index (χ3n) is 5.34. The molecule has 4 rings (SSSR count). The minimum absolute atomic E-state index is 0.0440. The maximum atomic E-state index is 13.0. The van der Waals surface area contributed by atoms with Gasteiger partial charge in [-0.15, -0.1) is 0 Å². The van der Waals surface area contributed by atoms with Crippen molar-refractivity contribution >= 4 is 5.91 Å². The van der Waals surface area contributed by atoms with Crippen LogP contribution in [0.15, 0.2) is 47.4 Å². The van der Waals surface area contributed by atoms with E-state index in [1.165, 1.54) is 13.2 Å². The van der Waals surface area contributed by atoms with Crippen LogP contribution in [0.5, 0.6) is 5.75 Å². The van der Waals surface area contributed by atoms with E-state index in [9.17, 15) is 9.59 Å². The lowest BCUT2D eigenvalue weighted by atomic mass is 9.91. The molecular formula is C19H22N4O3. The number of ether oxygens (including phenoxy) is 1. The number of hydrogen-bond acceptors (Lipinski definition) is 5. The Bertz CT molecular complexity index is 895. The van der Waals surface area contributed by atoms with Gasteiger partial charge in [0.05, 0.1) is 13.2 Å². The van der Waals surface area contributed by atoms with Gasteiger partial charge in [0.15, 0.2) is 11.4 Å². The van der Waals surface area contributed by atoms with Crippen LogP contribution in [0.4, 0.5) is 0 Å². The number of amides is 1. The molecule has 2 aromatic rings. The summed E-state index contributed by atoms with van der Waals surface area (Å²) >= 11 is 0. The van der Waals surface area contributed by atoms with Crippen molar-refractivity contribution in [3.63, 3.8) is 0 Å². The number of carbonyl (C=O) groups is 1. The van der Waals surface area contributed by atoms with Crippen LogP contribution in [0.3, 0.4) is 0 Å². The van der Waals surface area contributed by atoms with E-state index >= 15 is 0 Å². The standard InChI is InChI=1S/C19H22N4O3/c1-21-18-13(20)8-9-14(12-6-4-3-5-7-12)23(18)22-11-10-15(24)17(26-2)16(22)19(21)25/h3-7,10-11,13-14,18H,8-9,20H2,1-2H3/t13-,14-,18-/m0/s1. The summed E-state index contributed by atoms with van der Waals surface area (Å²) < 4.78 is 7.02. The number of piperidine rings is 1. The topological polar surface area (TPSA) is 80.8 Å². The van der Waals surface area contributed by atoms with Gasteiger partial charge < -0.3 is 15.4 Å². The molecule has 0 spiro atoms. The first kappa shape index (κ1) is 16.7. The highest BCUT2D eigenvalue weighted by molar-refractivity contribution is 5.96. The van der Waals surface area contributed by atoms with Crippen molar-refractivity contribution in [3.8, 4) is 5.75 Å². The number of pyridine rings is 1. The highest BCUT2D eigenvalue weighted by Gasteiger charge is 2.46. The highest BCUT2D eigenvalue weighted by atomic mass is 16.5. The molecule has 7 heteroatoms. The molecule has 7 nitrogen and oxygen atoms in total. The summed E-state index contributed by atoms with van der Waals surface area (Å²) in [7, 11) is 3.14. The van der Waals surface area contributed by atoms with E-state index in [0.29, 0.717) is 0 Å². The number of hydrogen-bond donors (Lipinski definition) is 1. The molecule has 0 bridgehead atoms. The van der Waals surface area contributed by atoms with Crippen molar-refractivity contribution in [3.05, 3.63) is 64.1 Å². The average Bonchev–Trinajstić information content (AvgIpc) is 2.66. The largest absolute Gasteiger partial charge is 0.491 e. The first-order valence-corrected chi connectivity index (χ1v) is 8.70. The number of aromatic nitrogens is 1. The Labute approximate surface area is 151 Å². The molecule has 3 heterocycles.